The van der Waals surface area contributed by atoms with Gasteiger partial charge in [0.2, 0.25) is 0 Å². The highest BCUT2D eigenvalue weighted by molar-refractivity contribution is 6.00. The summed E-state index contributed by atoms with van der Waals surface area (Å²) in [6.45, 7) is 4.67. The van der Waals surface area contributed by atoms with E-state index in [1.807, 2.05) is 74.8 Å². The summed E-state index contributed by atoms with van der Waals surface area (Å²) in [7, 11) is 0. The van der Waals surface area contributed by atoms with Crippen LogP contribution in [0.2, 0.25) is 0 Å². The average Bonchev–Trinajstić information content (AvgIpc) is 3.54. The lowest BCUT2D eigenvalue weighted by atomic mass is 10.0. The second-order valence-corrected chi connectivity index (χ2v) is 10.3. The van der Waals surface area contributed by atoms with Crippen LogP contribution in [0.15, 0.2) is 90.3 Å². The average molecular weight is 554 g/mol. The van der Waals surface area contributed by atoms with E-state index in [9.17, 15) is 14.0 Å². The van der Waals surface area contributed by atoms with Crippen molar-refractivity contribution in [3.05, 3.63) is 108 Å². The molecule has 8 nitrogen and oxygen atoms in total. The minimum Gasteiger partial charge on any atom is -0.449 e. The molecule has 210 valence electrons. The molecule has 0 radical (unpaired) electrons. The number of aromatic nitrogens is 2. The van der Waals surface area contributed by atoms with Gasteiger partial charge in [-0.25, -0.2) is 14.6 Å². The molecule has 0 bridgehead atoms. The Hall–Kier alpha value is -4.92. The van der Waals surface area contributed by atoms with Crippen molar-refractivity contribution in [3.8, 4) is 0 Å². The van der Waals surface area contributed by atoms with Gasteiger partial charge in [-0.2, -0.15) is 5.10 Å². The number of aromatic amines is 1. The molecule has 0 aliphatic heterocycles. The number of H-pyrrole nitrogens is 1. The van der Waals surface area contributed by atoms with Crippen LogP contribution >= 0.6 is 0 Å². The molecule has 41 heavy (non-hydrogen) atoms. The first-order chi connectivity index (χ1) is 19.9. The number of hydrogen-bond acceptors (Lipinski definition) is 4. The summed E-state index contributed by atoms with van der Waals surface area (Å²) < 4.78 is 20.7. The Morgan fingerprint density at radius 1 is 1.02 bits per heavy atom. The van der Waals surface area contributed by atoms with Gasteiger partial charge in [-0.15, -0.1) is 0 Å². The van der Waals surface area contributed by atoms with Crippen molar-refractivity contribution in [2.24, 2.45) is 11.0 Å². The number of hydrazone groups is 1. The van der Waals surface area contributed by atoms with E-state index in [-0.39, 0.29) is 24.8 Å². The van der Waals surface area contributed by atoms with Crippen molar-refractivity contribution in [2.45, 2.75) is 32.9 Å². The maximum Gasteiger partial charge on any atom is 0.407 e. The van der Waals surface area contributed by atoms with Crippen molar-refractivity contribution in [3.63, 3.8) is 0 Å². The van der Waals surface area contributed by atoms with Gasteiger partial charge in [-0.1, -0.05) is 62.4 Å². The molecular formula is C32H32FN5O3. The van der Waals surface area contributed by atoms with Crippen LogP contribution in [0.4, 0.5) is 9.18 Å². The van der Waals surface area contributed by atoms with Crippen LogP contribution in [0, 0.1) is 11.7 Å². The van der Waals surface area contributed by atoms with E-state index in [1.165, 1.54) is 12.1 Å². The predicted octanol–water partition coefficient (Wildman–Crippen LogP) is 5.75. The topological polar surface area (TPSA) is 101 Å². The first kappa shape index (κ1) is 27.6. The molecule has 3 aromatic carbocycles. The summed E-state index contributed by atoms with van der Waals surface area (Å²) in [4.78, 5) is 29.0. The zero-order chi connectivity index (χ0) is 28.8. The Morgan fingerprint density at radius 3 is 2.54 bits per heavy atom. The summed E-state index contributed by atoms with van der Waals surface area (Å²) in [5.74, 6) is -0.583. The molecule has 0 aliphatic rings. The molecular weight excluding hydrogens is 521 g/mol. The molecule has 0 unspecified atom stereocenters. The highest BCUT2D eigenvalue weighted by Crippen LogP contribution is 2.22. The Morgan fingerprint density at radius 2 is 1.76 bits per heavy atom. The molecule has 1 atom stereocenters. The number of amides is 2. The molecule has 0 fully saturated rings. The largest absolute Gasteiger partial charge is 0.449 e. The van der Waals surface area contributed by atoms with Gasteiger partial charge in [0, 0.05) is 52.7 Å². The van der Waals surface area contributed by atoms with E-state index in [0.717, 1.165) is 38.5 Å². The number of rotatable bonds is 10. The Bertz CT molecular complexity index is 1690. The lowest BCUT2D eigenvalue weighted by molar-refractivity contribution is -0.123. The third-order valence-electron chi connectivity index (χ3n) is 6.72. The summed E-state index contributed by atoms with van der Waals surface area (Å²) in [5, 5.41) is 8.86. The third-order valence-corrected chi connectivity index (χ3v) is 6.72. The normalized spacial score (nSPS) is 12.3. The predicted molar refractivity (Wildman–Crippen MR) is 158 cm³/mol. The number of ether oxygens (including phenoxy) is 1. The van der Waals surface area contributed by atoms with E-state index in [0.29, 0.717) is 6.54 Å². The van der Waals surface area contributed by atoms with Gasteiger partial charge in [0.25, 0.3) is 5.91 Å². The van der Waals surface area contributed by atoms with Crippen molar-refractivity contribution in [1.82, 2.24) is 20.3 Å². The molecule has 5 aromatic rings. The Kier molecular flexibility index (Phi) is 8.43. The highest BCUT2D eigenvalue weighted by atomic mass is 19.1. The van der Waals surface area contributed by atoms with Gasteiger partial charge >= 0.3 is 6.09 Å². The SMILES string of the molecule is CC(C)COC(=O)N[C@@H](Cc1c[nH]c2ccccc12)C(=O)N/N=C\c1cn(Cc2ccc(F)cc2)c2ccccc12. The Balaban J connectivity index is 1.33. The monoisotopic (exact) mass is 553 g/mol. The number of benzene rings is 3. The number of nitrogens with one attached hydrogen (secondary N) is 3. The van der Waals surface area contributed by atoms with E-state index >= 15 is 0 Å². The van der Waals surface area contributed by atoms with Crippen LogP contribution < -0.4 is 10.7 Å². The smallest absolute Gasteiger partial charge is 0.407 e. The molecule has 2 aromatic heterocycles. The number of hydrogen-bond donors (Lipinski definition) is 3. The van der Waals surface area contributed by atoms with Gasteiger partial charge in [0.1, 0.15) is 11.9 Å². The second-order valence-electron chi connectivity index (χ2n) is 10.3. The van der Waals surface area contributed by atoms with Crippen LogP contribution in [-0.4, -0.2) is 40.4 Å². The molecule has 0 aliphatic carbocycles. The molecule has 0 saturated heterocycles. The van der Waals surface area contributed by atoms with Gasteiger partial charge in [0.05, 0.1) is 12.8 Å². The number of alkyl carbamates (subject to hydrolysis) is 1. The molecule has 9 heteroatoms. The van der Waals surface area contributed by atoms with E-state index in [1.54, 1.807) is 18.3 Å². The molecule has 2 amide bonds. The zero-order valence-electron chi connectivity index (χ0n) is 22.9. The van der Waals surface area contributed by atoms with Crippen molar-refractivity contribution >= 4 is 40.0 Å². The van der Waals surface area contributed by atoms with Crippen molar-refractivity contribution in [2.75, 3.05) is 6.61 Å². The van der Waals surface area contributed by atoms with Gasteiger partial charge in [-0.3, -0.25) is 4.79 Å². The lowest BCUT2D eigenvalue weighted by Gasteiger charge is -2.17. The quantitative estimate of drug-likeness (QED) is 0.152. The van der Waals surface area contributed by atoms with Crippen LogP contribution in [0.1, 0.15) is 30.5 Å². The molecule has 3 N–H and O–H groups in total. The number of carbonyl (C=O) groups excluding carboxylic acids is 2. The van der Waals surface area contributed by atoms with Gasteiger partial charge < -0.3 is 19.6 Å². The standard InChI is InChI=1S/C32H32FN5O3/c1-21(2)20-41-32(40)36-29(15-23-16-34-28-9-5-3-7-26(23)28)31(39)37-35-17-24-19-38(30-10-6-4-8-27(24)30)18-22-11-13-25(33)14-12-22/h3-14,16-17,19,21,29,34H,15,18,20H2,1-2H3,(H,36,40)(H,37,39)/b35-17-/t29-/m0/s1. The van der Waals surface area contributed by atoms with Gasteiger partial charge in [0.15, 0.2) is 0 Å². The van der Waals surface area contributed by atoms with Crippen LogP contribution in [0.5, 0.6) is 0 Å². The molecule has 0 spiro atoms. The summed E-state index contributed by atoms with van der Waals surface area (Å²) in [6.07, 6.45) is 4.95. The zero-order valence-corrected chi connectivity index (χ0v) is 22.9. The number of nitrogens with zero attached hydrogens (tertiary/aromatic N) is 2. The first-order valence-electron chi connectivity index (χ1n) is 13.5. The fourth-order valence-electron chi connectivity index (χ4n) is 4.69. The molecule has 2 heterocycles. The fourth-order valence-corrected chi connectivity index (χ4v) is 4.69. The summed E-state index contributed by atoms with van der Waals surface area (Å²) in [6, 6.07) is 21.1. The van der Waals surface area contributed by atoms with E-state index < -0.39 is 18.0 Å². The number of fused-ring (bicyclic) bond motifs is 2. The van der Waals surface area contributed by atoms with Crippen LogP contribution in [-0.2, 0) is 22.5 Å². The lowest BCUT2D eigenvalue weighted by Crippen LogP contribution is -2.47. The maximum absolute atomic E-state index is 13.4. The van der Waals surface area contributed by atoms with Crippen molar-refractivity contribution in [1.29, 1.82) is 0 Å². The minimum atomic E-state index is -0.911. The second kappa shape index (κ2) is 12.5. The number of para-hydroxylation sites is 2. The minimum absolute atomic E-state index is 0.163. The first-order valence-corrected chi connectivity index (χ1v) is 13.5. The third kappa shape index (κ3) is 6.81. The summed E-state index contributed by atoms with van der Waals surface area (Å²) >= 11 is 0. The van der Waals surface area contributed by atoms with Gasteiger partial charge in [-0.05, 0) is 41.3 Å². The van der Waals surface area contributed by atoms with Crippen LogP contribution in [0.3, 0.4) is 0 Å². The van der Waals surface area contributed by atoms with E-state index in [2.05, 4.69) is 25.4 Å². The molecule has 0 saturated carbocycles. The fraction of sp³-hybridized carbons (Fsp3) is 0.219. The maximum atomic E-state index is 13.4. The van der Waals surface area contributed by atoms with Crippen LogP contribution in [0.25, 0.3) is 21.8 Å². The Labute approximate surface area is 237 Å². The van der Waals surface area contributed by atoms with Crippen molar-refractivity contribution < 1.29 is 18.7 Å². The molecule has 5 rings (SSSR count). The number of halogens is 1. The van der Waals surface area contributed by atoms with E-state index in [4.69, 9.17) is 4.74 Å². The number of carbonyl (C=O) groups is 2. The summed E-state index contributed by atoms with van der Waals surface area (Å²) in [5.41, 5.74) is 7.17. The highest BCUT2D eigenvalue weighted by Gasteiger charge is 2.23.